The molecule has 0 aliphatic carbocycles. The molecule has 0 saturated heterocycles. The lowest BCUT2D eigenvalue weighted by Gasteiger charge is -2.19. The predicted molar refractivity (Wildman–Crippen MR) is 109 cm³/mol. The highest BCUT2D eigenvalue weighted by atomic mass is 31.2. The zero-order valence-electron chi connectivity index (χ0n) is 17.3. The number of unbranched alkanes of at least 4 members (excludes halogenated alkanes) is 6. The maximum atomic E-state index is 11.7. The zero-order chi connectivity index (χ0) is 21.1. The van der Waals surface area contributed by atoms with Crippen molar-refractivity contribution in [3.63, 3.8) is 0 Å². The third-order valence-electron chi connectivity index (χ3n) is 3.87. The molecule has 0 saturated carbocycles. The first-order chi connectivity index (χ1) is 13.4. The van der Waals surface area contributed by atoms with Crippen molar-refractivity contribution in [2.75, 3.05) is 33.0 Å². The molecule has 2 atom stereocenters. The Bertz CT molecular complexity index is 460. The van der Waals surface area contributed by atoms with E-state index in [0.717, 1.165) is 25.7 Å². The van der Waals surface area contributed by atoms with Crippen molar-refractivity contribution in [1.82, 2.24) is 0 Å². The van der Waals surface area contributed by atoms with Crippen LogP contribution in [0.15, 0.2) is 12.2 Å². The van der Waals surface area contributed by atoms with Crippen LogP contribution in [0.4, 0.5) is 0 Å². The highest BCUT2D eigenvalue weighted by molar-refractivity contribution is 7.47. The van der Waals surface area contributed by atoms with Crippen molar-refractivity contribution in [2.45, 2.75) is 71.3 Å². The molecule has 0 radical (unpaired) electrons. The van der Waals surface area contributed by atoms with Crippen LogP contribution in [-0.2, 0) is 27.9 Å². The molecule has 0 bridgehead atoms. The number of hydrogen-bond acceptors (Lipinski definition) is 7. The van der Waals surface area contributed by atoms with Gasteiger partial charge >= 0.3 is 13.8 Å². The Hall–Kier alpha value is -0.760. The summed E-state index contributed by atoms with van der Waals surface area (Å²) < 4.78 is 32.0. The summed E-state index contributed by atoms with van der Waals surface area (Å²) >= 11 is 0. The lowest BCUT2D eigenvalue weighted by Crippen LogP contribution is -2.27. The molecular formula is C19H38NO7P. The normalized spacial score (nSPS) is 14.9. The van der Waals surface area contributed by atoms with Gasteiger partial charge in [-0.25, -0.2) is 4.57 Å². The molecule has 0 heterocycles. The molecular weight excluding hydrogens is 385 g/mol. The van der Waals surface area contributed by atoms with Gasteiger partial charge in [0.1, 0.15) is 12.7 Å². The number of phosphoric acid groups is 1. The average molecular weight is 423 g/mol. The molecule has 0 aromatic rings. The molecule has 3 N–H and O–H groups in total. The van der Waals surface area contributed by atoms with E-state index in [-0.39, 0.29) is 38.8 Å². The molecule has 8 nitrogen and oxygen atoms in total. The molecule has 28 heavy (non-hydrogen) atoms. The first kappa shape index (κ1) is 27.2. The highest BCUT2D eigenvalue weighted by Gasteiger charge is 2.24. The van der Waals surface area contributed by atoms with Gasteiger partial charge in [0.15, 0.2) is 0 Å². The van der Waals surface area contributed by atoms with E-state index in [4.69, 9.17) is 19.7 Å². The van der Waals surface area contributed by atoms with E-state index in [0.29, 0.717) is 6.61 Å². The van der Waals surface area contributed by atoms with Gasteiger partial charge in [0, 0.05) is 19.6 Å². The van der Waals surface area contributed by atoms with Gasteiger partial charge < -0.3 is 20.1 Å². The molecule has 0 amide bonds. The van der Waals surface area contributed by atoms with Gasteiger partial charge in [-0.2, -0.15) is 0 Å². The van der Waals surface area contributed by atoms with E-state index in [9.17, 15) is 14.3 Å². The fraction of sp³-hybridized carbons (Fsp3) is 0.842. The molecule has 166 valence electrons. The SMILES string of the molecule is C/C=C/CCCCCCCCO[C@H](COC(=O)CC)COP(=O)(O)OCCN. The van der Waals surface area contributed by atoms with Crippen LogP contribution in [-0.4, -0.2) is 49.9 Å². The number of allylic oxidation sites excluding steroid dienone is 2. The monoisotopic (exact) mass is 423 g/mol. The van der Waals surface area contributed by atoms with Gasteiger partial charge in [-0.1, -0.05) is 44.8 Å². The van der Waals surface area contributed by atoms with Crippen molar-refractivity contribution in [2.24, 2.45) is 5.73 Å². The summed E-state index contributed by atoms with van der Waals surface area (Å²) in [5, 5.41) is 0. The Kier molecular flexibility index (Phi) is 17.8. The summed E-state index contributed by atoms with van der Waals surface area (Å²) in [7, 11) is -4.19. The van der Waals surface area contributed by atoms with Crippen molar-refractivity contribution in [1.29, 1.82) is 0 Å². The van der Waals surface area contributed by atoms with Crippen molar-refractivity contribution >= 4 is 13.8 Å². The van der Waals surface area contributed by atoms with E-state index >= 15 is 0 Å². The Morgan fingerprint density at radius 3 is 2.39 bits per heavy atom. The van der Waals surface area contributed by atoms with Crippen molar-refractivity contribution in [3.05, 3.63) is 12.2 Å². The van der Waals surface area contributed by atoms with Gasteiger partial charge in [-0.3, -0.25) is 13.8 Å². The summed E-state index contributed by atoms with van der Waals surface area (Å²) in [6.45, 7) is 3.98. The molecule has 9 heteroatoms. The minimum absolute atomic E-state index is 0.0332. The lowest BCUT2D eigenvalue weighted by molar-refractivity contribution is -0.148. The van der Waals surface area contributed by atoms with Gasteiger partial charge in [0.25, 0.3) is 0 Å². The number of nitrogens with two attached hydrogens (primary N) is 1. The number of hydrogen-bond donors (Lipinski definition) is 2. The minimum Gasteiger partial charge on any atom is -0.463 e. The highest BCUT2D eigenvalue weighted by Crippen LogP contribution is 2.43. The van der Waals surface area contributed by atoms with E-state index in [2.05, 4.69) is 16.7 Å². The number of phosphoric ester groups is 1. The van der Waals surface area contributed by atoms with Gasteiger partial charge in [-0.05, 0) is 26.2 Å². The number of carbonyl (C=O) groups excluding carboxylic acids is 1. The van der Waals surface area contributed by atoms with Crippen molar-refractivity contribution in [3.8, 4) is 0 Å². The Morgan fingerprint density at radius 2 is 1.75 bits per heavy atom. The first-order valence-electron chi connectivity index (χ1n) is 10.2. The standard InChI is InChI=1S/C19H38NO7P/c1-3-5-6-7-8-9-10-11-12-14-24-18(16-25-19(21)4-2)17-27-28(22,23)26-15-13-20/h3,5,18H,4,6-17,20H2,1-2H3,(H,22,23)/b5-3+/t18-/m1/s1. The maximum absolute atomic E-state index is 11.7. The van der Waals surface area contributed by atoms with E-state index in [1.807, 2.05) is 6.92 Å². The summed E-state index contributed by atoms with van der Waals surface area (Å²) in [5.41, 5.74) is 5.24. The third kappa shape index (κ3) is 17.3. The molecule has 0 fully saturated rings. The number of carbonyl (C=O) groups is 1. The molecule has 0 spiro atoms. The van der Waals surface area contributed by atoms with Crippen LogP contribution in [0, 0.1) is 0 Å². The Morgan fingerprint density at radius 1 is 1.07 bits per heavy atom. The Balaban J connectivity index is 4.07. The molecule has 0 rings (SSSR count). The second-order valence-electron chi connectivity index (χ2n) is 6.39. The molecule has 0 aromatic heterocycles. The van der Waals surface area contributed by atoms with E-state index in [1.54, 1.807) is 6.92 Å². The molecule has 0 aliphatic heterocycles. The Labute approximate surface area is 169 Å². The van der Waals surface area contributed by atoms with Crippen LogP contribution in [0.25, 0.3) is 0 Å². The van der Waals surface area contributed by atoms with E-state index in [1.165, 1.54) is 19.3 Å². The predicted octanol–water partition coefficient (Wildman–Crippen LogP) is 3.72. The molecule has 0 aromatic carbocycles. The van der Waals surface area contributed by atoms with Crippen LogP contribution in [0.1, 0.15) is 65.2 Å². The minimum atomic E-state index is -4.19. The maximum Gasteiger partial charge on any atom is 0.472 e. The summed E-state index contributed by atoms with van der Waals surface area (Å²) in [4.78, 5) is 20.9. The van der Waals surface area contributed by atoms with Crippen LogP contribution < -0.4 is 5.73 Å². The third-order valence-corrected chi connectivity index (χ3v) is 4.85. The lowest BCUT2D eigenvalue weighted by atomic mass is 10.1. The number of rotatable bonds is 19. The molecule has 1 unspecified atom stereocenters. The number of ether oxygens (including phenoxy) is 2. The summed E-state index contributed by atoms with van der Waals surface area (Å²) in [6, 6.07) is 0. The summed E-state index contributed by atoms with van der Waals surface area (Å²) in [6.07, 6.45) is 11.7. The topological polar surface area (TPSA) is 117 Å². The zero-order valence-corrected chi connectivity index (χ0v) is 18.2. The van der Waals surface area contributed by atoms with Crippen LogP contribution >= 0.6 is 7.82 Å². The van der Waals surface area contributed by atoms with Crippen LogP contribution in [0.3, 0.4) is 0 Å². The van der Waals surface area contributed by atoms with Gasteiger partial charge in [0.2, 0.25) is 0 Å². The quantitative estimate of drug-likeness (QED) is 0.140. The molecule has 0 aliphatic rings. The largest absolute Gasteiger partial charge is 0.472 e. The average Bonchev–Trinajstić information content (AvgIpc) is 2.68. The van der Waals surface area contributed by atoms with Gasteiger partial charge in [0.05, 0.1) is 13.2 Å². The smallest absolute Gasteiger partial charge is 0.463 e. The second-order valence-corrected chi connectivity index (χ2v) is 7.85. The first-order valence-corrected chi connectivity index (χ1v) is 11.6. The fourth-order valence-corrected chi connectivity index (χ4v) is 3.07. The van der Waals surface area contributed by atoms with Gasteiger partial charge in [-0.15, -0.1) is 0 Å². The fourth-order valence-electron chi connectivity index (χ4n) is 2.30. The second kappa shape index (κ2) is 18.3. The number of esters is 1. The summed E-state index contributed by atoms with van der Waals surface area (Å²) in [5.74, 6) is -0.363. The van der Waals surface area contributed by atoms with Crippen molar-refractivity contribution < 1.29 is 32.8 Å². The van der Waals surface area contributed by atoms with Crippen LogP contribution in [0.2, 0.25) is 0 Å². The van der Waals surface area contributed by atoms with Crippen LogP contribution in [0.5, 0.6) is 0 Å². The van der Waals surface area contributed by atoms with E-state index < -0.39 is 13.9 Å².